The van der Waals surface area contributed by atoms with Gasteiger partial charge >= 0.3 is 0 Å². The van der Waals surface area contributed by atoms with Crippen molar-refractivity contribution in [1.29, 1.82) is 0 Å². The lowest BCUT2D eigenvalue weighted by molar-refractivity contribution is 0.103. The molecule has 0 radical (unpaired) electrons. The van der Waals surface area contributed by atoms with Crippen LogP contribution in [0, 0.1) is 0 Å². The fourth-order valence-corrected chi connectivity index (χ4v) is 3.46. The van der Waals surface area contributed by atoms with Crippen LogP contribution in [-0.2, 0) is 0 Å². The van der Waals surface area contributed by atoms with Crippen molar-refractivity contribution in [1.82, 2.24) is 0 Å². The van der Waals surface area contributed by atoms with Crippen molar-refractivity contribution >= 4 is 16.6 Å². The Morgan fingerprint density at radius 3 is 2.26 bits per heavy atom. The van der Waals surface area contributed by atoms with E-state index in [1.165, 1.54) is 0 Å². The maximum absolute atomic E-state index is 13.5. The fraction of sp³-hybridized carbons (Fsp3) is 0.0800. The molecule has 27 heavy (non-hydrogen) atoms. The number of hydrogen-bond acceptors (Lipinski definition) is 2. The third-order valence-corrected chi connectivity index (χ3v) is 4.67. The number of rotatable bonds is 5. The Kier molecular flexibility index (Phi) is 4.71. The van der Waals surface area contributed by atoms with Crippen LogP contribution in [-0.4, -0.2) is 12.4 Å². The third kappa shape index (κ3) is 3.22. The molecule has 0 N–H and O–H groups in total. The van der Waals surface area contributed by atoms with Gasteiger partial charge in [0.15, 0.2) is 5.78 Å². The molecular formula is C25H20O2. The number of carbonyl (C=O) groups excluding carboxylic acids is 1. The second-order valence-corrected chi connectivity index (χ2v) is 6.33. The second-order valence-electron chi connectivity index (χ2n) is 6.33. The molecule has 2 nitrogen and oxygen atoms in total. The van der Waals surface area contributed by atoms with E-state index < -0.39 is 0 Å². The van der Waals surface area contributed by atoms with Crippen LogP contribution in [0.25, 0.3) is 21.9 Å². The minimum Gasteiger partial charge on any atom is -0.493 e. The lowest BCUT2D eigenvalue weighted by atomic mass is 9.89. The van der Waals surface area contributed by atoms with Gasteiger partial charge in [-0.2, -0.15) is 0 Å². The summed E-state index contributed by atoms with van der Waals surface area (Å²) in [5.41, 5.74) is 3.27. The van der Waals surface area contributed by atoms with Crippen molar-refractivity contribution in [2.24, 2.45) is 0 Å². The molecule has 0 saturated carbocycles. The molecule has 0 heterocycles. The highest BCUT2D eigenvalue weighted by molar-refractivity contribution is 6.18. The minimum atomic E-state index is -0.0244. The van der Waals surface area contributed by atoms with Crippen molar-refractivity contribution in [3.05, 3.63) is 102 Å². The Labute approximate surface area is 159 Å². The Balaban J connectivity index is 1.96. The van der Waals surface area contributed by atoms with E-state index in [0.29, 0.717) is 23.5 Å². The predicted molar refractivity (Wildman–Crippen MR) is 110 cm³/mol. The zero-order valence-electron chi connectivity index (χ0n) is 15.2. The molecule has 0 spiro atoms. The molecule has 132 valence electrons. The second kappa shape index (κ2) is 7.46. The van der Waals surface area contributed by atoms with Crippen molar-refractivity contribution in [3.63, 3.8) is 0 Å². The average Bonchev–Trinajstić information content (AvgIpc) is 2.73. The minimum absolute atomic E-state index is 0.0244. The molecule has 0 fully saturated rings. The summed E-state index contributed by atoms with van der Waals surface area (Å²) in [5.74, 6) is 0.598. The molecule has 0 aliphatic heterocycles. The summed E-state index contributed by atoms with van der Waals surface area (Å²) < 4.78 is 5.69. The molecule has 2 heteroatoms. The SMILES string of the molecule is CCOc1ccccc1C(=O)c1ccc2ccccc2c1-c1ccccc1. The summed E-state index contributed by atoms with van der Waals surface area (Å²) in [7, 11) is 0. The summed E-state index contributed by atoms with van der Waals surface area (Å²) in [6.07, 6.45) is 0. The van der Waals surface area contributed by atoms with Gasteiger partial charge in [0.2, 0.25) is 0 Å². The molecule has 4 aromatic rings. The summed E-state index contributed by atoms with van der Waals surface area (Å²) in [6, 6.07) is 29.6. The topological polar surface area (TPSA) is 26.3 Å². The van der Waals surface area contributed by atoms with Crippen LogP contribution in [0.15, 0.2) is 91.0 Å². The van der Waals surface area contributed by atoms with Gasteiger partial charge in [-0.15, -0.1) is 0 Å². The molecule has 0 bridgehead atoms. The first kappa shape index (κ1) is 17.0. The van der Waals surface area contributed by atoms with E-state index in [0.717, 1.165) is 21.9 Å². The number of carbonyl (C=O) groups is 1. The number of benzene rings is 4. The molecule has 4 aromatic carbocycles. The summed E-state index contributed by atoms with van der Waals surface area (Å²) in [4.78, 5) is 13.5. The molecule has 0 aliphatic rings. The van der Waals surface area contributed by atoms with Gasteiger partial charge in [0.05, 0.1) is 12.2 Å². The standard InChI is InChI=1S/C25H20O2/c1-2-27-23-15-9-8-14-21(23)25(26)22-17-16-18-10-6-7-13-20(18)24(22)19-11-4-3-5-12-19/h3-17H,2H2,1H3. The first-order chi connectivity index (χ1) is 13.3. The molecule has 0 saturated heterocycles. The maximum atomic E-state index is 13.5. The highest BCUT2D eigenvalue weighted by Gasteiger charge is 2.20. The van der Waals surface area contributed by atoms with Crippen molar-refractivity contribution in [2.45, 2.75) is 6.92 Å². The molecule has 0 unspecified atom stereocenters. The van der Waals surface area contributed by atoms with Gasteiger partial charge < -0.3 is 4.74 Å². The van der Waals surface area contributed by atoms with Crippen LogP contribution in [0.4, 0.5) is 0 Å². The van der Waals surface area contributed by atoms with Gasteiger partial charge in [-0.3, -0.25) is 4.79 Å². The van der Waals surface area contributed by atoms with E-state index in [1.54, 1.807) is 0 Å². The predicted octanol–water partition coefficient (Wildman–Crippen LogP) is 6.14. The van der Waals surface area contributed by atoms with Crippen LogP contribution in [0.2, 0.25) is 0 Å². The van der Waals surface area contributed by atoms with Crippen LogP contribution < -0.4 is 4.74 Å². The average molecular weight is 352 g/mol. The Hall–Kier alpha value is -3.39. The lowest BCUT2D eigenvalue weighted by Gasteiger charge is -2.15. The van der Waals surface area contributed by atoms with Crippen molar-refractivity contribution < 1.29 is 9.53 Å². The van der Waals surface area contributed by atoms with Gasteiger partial charge in [0.25, 0.3) is 0 Å². The largest absolute Gasteiger partial charge is 0.493 e. The molecule has 4 rings (SSSR count). The van der Waals surface area contributed by atoms with E-state index in [1.807, 2.05) is 85.8 Å². The summed E-state index contributed by atoms with van der Waals surface area (Å²) >= 11 is 0. The maximum Gasteiger partial charge on any atom is 0.197 e. The molecule has 0 aromatic heterocycles. The van der Waals surface area contributed by atoms with E-state index in [9.17, 15) is 4.79 Å². The molecule has 0 aliphatic carbocycles. The lowest BCUT2D eigenvalue weighted by Crippen LogP contribution is -2.07. The first-order valence-electron chi connectivity index (χ1n) is 9.13. The Morgan fingerprint density at radius 1 is 0.741 bits per heavy atom. The Morgan fingerprint density at radius 2 is 1.44 bits per heavy atom. The molecular weight excluding hydrogens is 332 g/mol. The fourth-order valence-electron chi connectivity index (χ4n) is 3.46. The smallest absolute Gasteiger partial charge is 0.197 e. The van der Waals surface area contributed by atoms with Crippen molar-refractivity contribution in [2.75, 3.05) is 6.61 Å². The third-order valence-electron chi connectivity index (χ3n) is 4.67. The molecule has 0 atom stereocenters. The summed E-state index contributed by atoms with van der Waals surface area (Å²) in [6.45, 7) is 2.44. The van der Waals surface area contributed by atoms with E-state index >= 15 is 0 Å². The van der Waals surface area contributed by atoms with Crippen LogP contribution in [0.1, 0.15) is 22.8 Å². The van der Waals surface area contributed by atoms with E-state index in [4.69, 9.17) is 4.74 Å². The molecule has 0 amide bonds. The number of fused-ring (bicyclic) bond motifs is 1. The quantitative estimate of drug-likeness (QED) is 0.403. The van der Waals surface area contributed by atoms with Gasteiger partial charge in [0.1, 0.15) is 5.75 Å². The zero-order valence-corrected chi connectivity index (χ0v) is 15.2. The zero-order chi connectivity index (χ0) is 18.6. The van der Waals surface area contributed by atoms with Crippen LogP contribution in [0.5, 0.6) is 5.75 Å². The summed E-state index contributed by atoms with van der Waals surface area (Å²) in [5, 5.41) is 2.19. The first-order valence-corrected chi connectivity index (χ1v) is 9.13. The normalized spacial score (nSPS) is 10.7. The highest BCUT2D eigenvalue weighted by Crippen LogP contribution is 2.34. The van der Waals surface area contributed by atoms with Gasteiger partial charge in [-0.25, -0.2) is 0 Å². The van der Waals surface area contributed by atoms with Crippen LogP contribution in [0.3, 0.4) is 0 Å². The van der Waals surface area contributed by atoms with Gasteiger partial charge in [-0.1, -0.05) is 72.8 Å². The van der Waals surface area contributed by atoms with E-state index in [2.05, 4.69) is 12.1 Å². The number of ketones is 1. The number of para-hydroxylation sites is 1. The monoisotopic (exact) mass is 352 g/mol. The Bertz CT molecular complexity index is 1100. The van der Waals surface area contributed by atoms with E-state index in [-0.39, 0.29) is 5.78 Å². The number of ether oxygens (including phenoxy) is 1. The van der Waals surface area contributed by atoms with Crippen molar-refractivity contribution in [3.8, 4) is 16.9 Å². The van der Waals surface area contributed by atoms with Gasteiger partial charge in [0, 0.05) is 11.1 Å². The highest BCUT2D eigenvalue weighted by atomic mass is 16.5. The van der Waals surface area contributed by atoms with Crippen LogP contribution >= 0.6 is 0 Å². The van der Waals surface area contributed by atoms with Gasteiger partial charge in [-0.05, 0) is 41.5 Å². The number of hydrogen-bond donors (Lipinski definition) is 0.